The van der Waals surface area contributed by atoms with Gasteiger partial charge in [0.2, 0.25) is 0 Å². The Kier molecular flexibility index (Phi) is 8.48. The molecule has 37 valence electrons. The van der Waals surface area contributed by atoms with Gasteiger partial charge in [-0.05, 0) is 0 Å². The molecule has 0 aromatic heterocycles. The molecule has 2 N–H and O–H groups in total. The standard InChI is InChI=1S/Na.H3O4P.U.H/c;1-5(2,3)4;;/h;(H3,1,2,3,4);;/q;;+1;/p-1. The molecular formula is H3NaO4PU. The topological polar surface area (TPSA) is 66.8 Å². The average molecular weight is 359 g/mol. The molecule has 0 rings (SSSR count). The van der Waals surface area contributed by atoms with E-state index >= 15 is 0 Å². The summed E-state index contributed by atoms with van der Waals surface area (Å²) in [6.07, 6.45) is 0. The van der Waals surface area contributed by atoms with Gasteiger partial charge >= 0.3 is 83.7 Å². The molecule has 0 saturated heterocycles. The van der Waals surface area contributed by atoms with Gasteiger partial charge in [0.15, 0.2) is 0 Å². The Morgan fingerprint density at radius 2 is 1.71 bits per heavy atom. The van der Waals surface area contributed by atoms with Gasteiger partial charge in [0.1, 0.15) is 0 Å². The third-order valence-corrected chi connectivity index (χ3v) is 3.33. The van der Waals surface area contributed by atoms with Gasteiger partial charge in [-0.25, -0.2) is 0 Å². The van der Waals surface area contributed by atoms with E-state index in [0.29, 0.717) is 0 Å². The Balaban J connectivity index is 0. The van der Waals surface area contributed by atoms with Crippen molar-refractivity contribution in [2.75, 3.05) is 0 Å². The maximum atomic E-state index is 9.51. The van der Waals surface area contributed by atoms with Gasteiger partial charge in [0.25, 0.3) is 0 Å². The van der Waals surface area contributed by atoms with Gasteiger partial charge in [-0.1, -0.05) is 0 Å². The zero-order valence-electron chi connectivity index (χ0n) is 2.66. The Morgan fingerprint density at radius 3 is 1.71 bits per heavy atom. The molecule has 0 aliphatic rings. The monoisotopic (exact) mass is 359 g/mol. The molecular weight excluding hydrogens is 356 g/mol. The van der Waals surface area contributed by atoms with Gasteiger partial charge in [-0.2, -0.15) is 0 Å². The summed E-state index contributed by atoms with van der Waals surface area (Å²) < 4.78 is 13.3. The minimum absolute atomic E-state index is 0. The van der Waals surface area contributed by atoms with E-state index in [1.807, 2.05) is 0 Å². The van der Waals surface area contributed by atoms with Crippen LogP contribution in [0, 0.1) is 29.9 Å². The summed E-state index contributed by atoms with van der Waals surface area (Å²) in [5.41, 5.74) is 0. The van der Waals surface area contributed by atoms with Crippen molar-refractivity contribution < 1.29 is 46.3 Å². The molecule has 0 aromatic carbocycles. The normalized spacial score (nSPS) is 10.3. The first-order valence-corrected chi connectivity index (χ1v) is 4.20. The second-order valence-corrected chi connectivity index (χ2v) is 4.03. The van der Waals surface area contributed by atoms with Crippen LogP contribution in [-0.2, 0) is 6.59 Å². The van der Waals surface area contributed by atoms with E-state index in [9.17, 15) is 4.57 Å². The second-order valence-electron chi connectivity index (χ2n) is 0.582. The van der Waals surface area contributed by atoms with Gasteiger partial charge in [0, 0.05) is 0 Å². The summed E-state index contributed by atoms with van der Waals surface area (Å²) in [7, 11) is -4.07. The van der Waals surface area contributed by atoms with Crippen LogP contribution in [0.15, 0.2) is 0 Å². The number of phosphoric acid groups is 1. The third kappa shape index (κ3) is 11.6. The summed E-state index contributed by atoms with van der Waals surface area (Å²) in [5.74, 6) is 0. The summed E-state index contributed by atoms with van der Waals surface area (Å²) in [5, 5.41) is 0. The van der Waals surface area contributed by atoms with Crippen LogP contribution in [-0.4, -0.2) is 39.3 Å². The van der Waals surface area contributed by atoms with Crippen LogP contribution >= 0.6 is 7.82 Å². The first kappa shape index (κ1) is 11.9. The Bertz CT molecular complexity index is 75.8. The molecule has 0 aliphatic carbocycles. The van der Waals surface area contributed by atoms with Crippen LogP contribution < -0.4 is 0 Å². The van der Waals surface area contributed by atoms with Crippen LogP contribution in [0.25, 0.3) is 0 Å². The summed E-state index contributed by atoms with van der Waals surface area (Å²) in [4.78, 5) is 15.5. The molecule has 7 heteroatoms. The molecule has 0 saturated carbocycles. The SMILES string of the molecule is O=P(O)(O)[O][U].[NaH]. The van der Waals surface area contributed by atoms with E-state index < -0.39 is 7.82 Å². The quantitative estimate of drug-likeness (QED) is 0.462. The van der Waals surface area contributed by atoms with Gasteiger partial charge in [-0.3, -0.25) is 0 Å². The van der Waals surface area contributed by atoms with Gasteiger partial charge < -0.3 is 0 Å². The van der Waals surface area contributed by atoms with Crippen LogP contribution in [0.2, 0.25) is 0 Å². The van der Waals surface area contributed by atoms with Crippen molar-refractivity contribution >= 4 is 37.4 Å². The summed E-state index contributed by atoms with van der Waals surface area (Å²) >= 11 is -0.0977. The maximum absolute atomic E-state index is 9.51. The molecule has 0 aromatic rings. The fourth-order valence-electron chi connectivity index (χ4n) is 0. The van der Waals surface area contributed by atoms with Crippen molar-refractivity contribution in [3.05, 3.63) is 0 Å². The first-order valence-electron chi connectivity index (χ1n) is 0.969. The van der Waals surface area contributed by atoms with Crippen LogP contribution in [0.3, 0.4) is 0 Å². The predicted octanol–water partition coefficient (Wildman–Crippen LogP) is -1.09. The molecule has 0 radical (unpaired) electrons. The zero-order valence-corrected chi connectivity index (χ0v) is 7.72. The molecule has 0 fully saturated rings. The van der Waals surface area contributed by atoms with E-state index in [-0.39, 0.29) is 59.5 Å². The first-order chi connectivity index (χ1) is 2.56. The van der Waals surface area contributed by atoms with E-state index in [0.717, 1.165) is 0 Å². The van der Waals surface area contributed by atoms with Crippen molar-refractivity contribution in [1.29, 1.82) is 0 Å². The number of hydrogen-bond acceptors (Lipinski definition) is 2. The molecule has 0 bridgehead atoms. The van der Waals surface area contributed by atoms with Gasteiger partial charge in [-0.15, -0.1) is 0 Å². The van der Waals surface area contributed by atoms with E-state index in [4.69, 9.17) is 9.79 Å². The molecule has 0 atom stereocenters. The molecule has 4 nitrogen and oxygen atoms in total. The van der Waals surface area contributed by atoms with E-state index in [2.05, 4.69) is 2.03 Å². The summed E-state index contributed by atoms with van der Waals surface area (Å²) in [6, 6.07) is 0. The fraction of sp³-hybridized carbons (Fsp3) is 0. The molecule has 0 heterocycles. The Hall–Kier alpha value is 2.16. The minimum atomic E-state index is -4.07. The predicted molar refractivity (Wildman–Crippen MR) is 20.3 cm³/mol. The molecule has 0 amide bonds. The molecule has 7 heavy (non-hydrogen) atoms. The Labute approximate surface area is 82.5 Å². The fourth-order valence-corrected chi connectivity index (χ4v) is 0. The van der Waals surface area contributed by atoms with Crippen molar-refractivity contribution in [3.8, 4) is 0 Å². The summed E-state index contributed by atoms with van der Waals surface area (Å²) in [6.45, 7) is 0. The van der Waals surface area contributed by atoms with Crippen LogP contribution in [0.5, 0.6) is 0 Å². The van der Waals surface area contributed by atoms with Crippen LogP contribution in [0.4, 0.5) is 0 Å². The molecule has 0 spiro atoms. The van der Waals surface area contributed by atoms with Crippen molar-refractivity contribution in [3.63, 3.8) is 0 Å². The number of rotatable bonds is 1. The molecule has 0 aliphatic heterocycles. The third-order valence-electron chi connectivity index (χ3n) is 0.119. The van der Waals surface area contributed by atoms with Gasteiger partial charge in [0.05, 0.1) is 0 Å². The van der Waals surface area contributed by atoms with Crippen molar-refractivity contribution in [1.82, 2.24) is 0 Å². The van der Waals surface area contributed by atoms with Crippen molar-refractivity contribution in [2.24, 2.45) is 0 Å². The second kappa shape index (κ2) is 4.99. The van der Waals surface area contributed by atoms with E-state index in [1.165, 1.54) is 0 Å². The number of hydrogen-bond donors (Lipinski definition) is 2. The molecule has 0 unspecified atom stereocenters. The van der Waals surface area contributed by atoms with E-state index in [1.54, 1.807) is 0 Å². The average Bonchev–Trinajstić information content (AvgIpc) is 1.35. The van der Waals surface area contributed by atoms with Crippen molar-refractivity contribution in [2.45, 2.75) is 0 Å². The zero-order chi connectivity index (χ0) is 5.21. The Morgan fingerprint density at radius 1 is 1.57 bits per heavy atom. The van der Waals surface area contributed by atoms with Crippen LogP contribution in [0.1, 0.15) is 0 Å².